The van der Waals surface area contributed by atoms with Crippen LogP contribution in [0.3, 0.4) is 0 Å². The number of anilines is 1. The number of carbonyl (C=O) groups is 1. The van der Waals surface area contributed by atoms with E-state index in [1.54, 1.807) is 0 Å². The maximum absolute atomic E-state index is 12.0. The zero-order valence-electron chi connectivity index (χ0n) is 16.3. The third-order valence-electron chi connectivity index (χ3n) is 4.11. The van der Waals surface area contributed by atoms with E-state index in [1.807, 2.05) is 42.5 Å². The van der Waals surface area contributed by atoms with Gasteiger partial charge in [0.05, 0.1) is 12.1 Å². The van der Waals surface area contributed by atoms with Crippen LogP contribution in [0, 0.1) is 0 Å². The van der Waals surface area contributed by atoms with Crippen LogP contribution in [0.25, 0.3) is 0 Å². The molecule has 28 heavy (non-hydrogen) atoms. The number of benzene rings is 2. The molecule has 1 aromatic heterocycles. The fourth-order valence-electron chi connectivity index (χ4n) is 2.53. The fraction of sp³-hybridized carbons (Fsp3) is 0.286. The van der Waals surface area contributed by atoms with Crippen molar-refractivity contribution in [2.75, 3.05) is 5.43 Å². The molecule has 7 heteroatoms. The molecule has 3 rings (SSSR count). The number of ether oxygens (including phenoxy) is 1. The van der Waals surface area contributed by atoms with Crippen molar-refractivity contribution in [2.45, 2.75) is 39.2 Å². The van der Waals surface area contributed by atoms with Crippen molar-refractivity contribution in [1.82, 2.24) is 20.6 Å². The van der Waals surface area contributed by atoms with Gasteiger partial charge in [0.15, 0.2) is 11.6 Å². The number of hydrogen-bond acceptors (Lipinski definition) is 5. The molecule has 0 spiro atoms. The summed E-state index contributed by atoms with van der Waals surface area (Å²) in [5.74, 6) is 1.51. The minimum Gasteiger partial charge on any atom is -0.486 e. The molecule has 3 aromatic rings. The number of para-hydroxylation sites is 1. The number of rotatable bonds is 7. The number of amides is 1. The molecule has 2 aromatic carbocycles. The Kier molecular flexibility index (Phi) is 5.93. The molecule has 0 unspecified atom stereocenters. The van der Waals surface area contributed by atoms with Crippen LogP contribution in [0.5, 0.6) is 5.75 Å². The Labute approximate surface area is 164 Å². The van der Waals surface area contributed by atoms with Crippen molar-refractivity contribution in [3.8, 4) is 5.75 Å². The molecule has 1 amide bonds. The smallest absolute Gasteiger partial charge is 0.246 e. The summed E-state index contributed by atoms with van der Waals surface area (Å²) < 4.78 is 5.74. The van der Waals surface area contributed by atoms with E-state index < -0.39 is 0 Å². The summed E-state index contributed by atoms with van der Waals surface area (Å²) in [4.78, 5) is 16.3. The lowest BCUT2D eigenvalue weighted by Crippen LogP contribution is -2.31. The quantitative estimate of drug-likeness (QED) is 0.548. The van der Waals surface area contributed by atoms with Crippen LogP contribution in [0.15, 0.2) is 54.6 Å². The third kappa shape index (κ3) is 5.57. The minimum absolute atomic E-state index is 0.0661. The highest BCUT2D eigenvalue weighted by Gasteiger charge is 2.13. The number of nitrogens with zero attached hydrogens (tertiary/aromatic N) is 2. The van der Waals surface area contributed by atoms with Crippen molar-refractivity contribution in [1.29, 1.82) is 0 Å². The lowest BCUT2D eigenvalue weighted by Gasteiger charge is -2.19. The van der Waals surface area contributed by atoms with Gasteiger partial charge in [0.1, 0.15) is 12.4 Å². The highest BCUT2D eigenvalue weighted by Crippen LogP contribution is 2.24. The van der Waals surface area contributed by atoms with Gasteiger partial charge in [-0.1, -0.05) is 51.1 Å². The van der Waals surface area contributed by atoms with Crippen LogP contribution in [0.1, 0.15) is 38.0 Å². The zero-order valence-corrected chi connectivity index (χ0v) is 16.3. The standard InChI is InChI=1S/C21H25N5O2/c1-21(2,3)15-9-11-17(12-10-15)28-14-19-22-18(24-25-19)13-20(27)26-23-16-7-5-4-6-8-16/h4-12,23H,13-14H2,1-3H3,(H,26,27)(H,22,24,25). The van der Waals surface area contributed by atoms with Gasteiger partial charge in [-0.25, -0.2) is 4.98 Å². The molecular formula is C21H25N5O2. The monoisotopic (exact) mass is 379 g/mol. The predicted molar refractivity (Wildman–Crippen MR) is 108 cm³/mol. The molecule has 0 aliphatic heterocycles. The van der Waals surface area contributed by atoms with E-state index in [9.17, 15) is 4.79 Å². The first kappa shape index (κ1) is 19.4. The second-order valence-corrected chi connectivity index (χ2v) is 7.48. The van der Waals surface area contributed by atoms with E-state index in [1.165, 1.54) is 5.56 Å². The average Bonchev–Trinajstić information content (AvgIpc) is 3.12. The molecule has 0 saturated heterocycles. The van der Waals surface area contributed by atoms with Crippen molar-refractivity contribution >= 4 is 11.6 Å². The van der Waals surface area contributed by atoms with Gasteiger partial charge in [-0.15, -0.1) is 0 Å². The predicted octanol–water partition coefficient (Wildman–Crippen LogP) is 3.37. The van der Waals surface area contributed by atoms with Gasteiger partial charge in [-0.3, -0.25) is 20.7 Å². The van der Waals surface area contributed by atoms with Gasteiger partial charge in [-0.2, -0.15) is 5.10 Å². The van der Waals surface area contributed by atoms with Crippen molar-refractivity contribution in [2.24, 2.45) is 0 Å². The Morgan fingerprint density at radius 2 is 1.79 bits per heavy atom. The molecule has 0 saturated carbocycles. The SMILES string of the molecule is CC(C)(C)c1ccc(OCc2nc(CC(=O)NNc3ccccc3)n[nH]2)cc1. The maximum Gasteiger partial charge on any atom is 0.246 e. The van der Waals surface area contributed by atoms with Crippen LogP contribution in [0.4, 0.5) is 5.69 Å². The lowest BCUT2D eigenvalue weighted by molar-refractivity contribution is -0.120. The van der Waals surface area contributed by atoms with E-state index in [0.29, 0.717) is 11.6 Å². The summed E-state index contributed by atoms with van der Waals surface area (Å²) in [5.41, 5.74) is 7.62. The van der Waals surface area contributed by atoms with E-state index in [4.69, 9.17) is 4.74 Å². The van der Waals surface area contributed by atoms with Crippen molar-refractivity contribution < 1.29 is 9.53 Å². The molecule has 0 bridgehead atoms. The first-order chi connectivity index (χ1) is 13.4. The van der Waals surface area contributed by atoms with Crippen LogP contribution in [0.2, 0.25) is 0 Å². The van der Waals surface area contributed by atoms with Crippen LogP contribution >= 0.6 is 0 Å². The first-order valence-corrected chi connectivity index (χ1v) is 9.13. The van der Waals surface area contributed by atoms with Gasteiger partial charge in [0, 0.05) is 0 Å². The molecule has 0 aliphatic carbocycles. The topological polar surface area (TPSA) is 91.9 Å². The summed E-state index contributed by atoms with van der Waals surface area (Å²) in [5, 5.41) is 6.87. The summed E-state index contributed by atoms with van der Waals surface area (Å²) in [6, 6.07) is 17.4. The Bertz CT molecular complexity index is 899. The molecule has 0 aliphatic rings. The molecule has 146 valence electrons. The fourth-order valence-corrected chi connectivity index (χ4v) is 2.53. The Hall–Kier alpha value is -3.35. The maximum atomic E-state index is 12.0. The average molecular weight is 379 g/mol. The number of carbonyl (C=O) groups excluding carboxylic acids is 1. The lowest BCUT2D eigenvalue weighted by atomic mass is 9.87. The molecule has 3 N–H and O–H groups in total. The third-order valence-corrected chi connectivity index (χ3v) is 4.11. The molecule has 7 nitrogen and oxygen atoms in total. The zero-order chi connectivity index (χ0) is 20.0. The van der Waals surface area contributed by atoms with E-state index >= 15 is 0 Å². The summed E-state index contributed by atoms with van der Waals surface area (Å²) in [6.45, 7) is 6.77. The first-order valence-electron chi connectivity index (χ1n) is 9.13. The Balaban J connectivity index is 1.46. The van der Waals surface area contributed by atoms with Crippen LogP contribution in [-0.2, 0) is 23.2 Å². The van der Waals surface area contributed by atoms with Crippen LogP contribution < -0.4 is 15.6 Å². The van der Waals surface area contributed by atoms with Crippen molar-refractivity contribution in [3.05, 3.63) is 71.8 Å². The highest BCUT2D eigenvalue weighted by molar-refractivity contribution is 5.79. The number of hydrazine groups is 1. The number of aromatic amines is 1. The summed E-state index contributed by atoms with van der Waals surface area (Å²) >= 11 is 0. The highest BCUT2D eigenvalue weighted by atomic mass is 16.5. The van der Waals surface area contributed by atoms with E-state index in [2.05, 4.69) is 58.9 Å². The summed E-state index contributed by atoms with van der Waals surface area (Å²) in [7, 11) is 0. The van der Waals surface area contributed by atoms with Gasteiger partial charge >= 0.3 is 0 Å². The number of aromatic nitrogens is 3. The molecule has 1 heterocycles. The normalized spacial score (nSPS) is 11.1. The number of nitrogens with one attached hydrogen (secondary N) is 3. The molecular weight excluding hydrogens is 354 g/mol. The van der Waals surface area contributed by atoms with Gasteiger partial charge in [0.2, 0.25) is 5.91 Å². The Morgan fingerprint density at radius 3 is 2.46 bits per heavy atom. The Morgan fingerprint density at radius 1 is 1.07 bits per heavy atom. The van der Waals surface area contributed by atoms with Gasteiger partial charge in [0.25, 0.3) is 0 Å². The van der Waals surface area contributed by atoms with Crippen LogP contribution in [-0.4, -0.2) is 21.1 Å². The number of H-pyrrole nitrogens is 1. The molecule has 0 atom stereocenters. The van der Waals surface area contributed by atoms with E-state index in [-0.39, 0.29) is 24.3 Å². The minimum atomic E-state index is -0.229. The van der Waals surface area contributed by atoms with Gasteiger partial charge in [-0.05, 0) is 35.2 Å². The van der Waals surface area contributed by atoms with E-state index in [0.717, 1.165) is 11.4 Å². The second-order valence-electron chi connectivity index (χ2n) is 7.48. The van der Waals surface area contributed by atoms with Crippen molar-refractivity contribution in [3.63, 3.8) is 0 Å². The largest absolute Gasteiger partial charge is 0.486 e. The number of hydrogen-bond donors (Lipinski definition) is 3. The molecule has 0 fully saturated rings. The summed E-state index contributed by atoms with van der Waals surface area (Å²) in [6.07, 6.45) is 0.0661. The molecule has 0 radical (unpaired) electrons. The van der Waals surface area contributed by atoms with Gasteiger partial charge < -0.3 is 4.74 Å². The second kappa shape index (κ2) is 8.56.